The topological polar surface area (TPSA) is 67.9 Å². The van der Waals surface area contributed by atoms with Crippen molar-refractivity contribution >= 4 is 11.8 Å². The van der Waals surface area contributed by atoms with Crippen molar-refractivity contribution in [3.63, 3.8) is 0 Å². The third-order valence-electron chi connectivity index (χ3n) is 3.39. The van der Waals surface area contributed by atoms with Gasteiger partial charge >= 0.3 is 0 Å². The minimum atomic E-state index is -0.357. The summed E-state index contributed by atoms with van der Waals surface area (Å²) < 4.78 is 10.3. The maximum Gasteiger partial charge on any atom is 0.245 e. The molecule has 1 N–H and O–H groups in total. The van der Waals surface area contributed by atoms with Crippen molar-refractivity contribution in [1.29, 1.82) is 0 Å². The lowest BCUT2D eigenvalue weighted by Crippen LogP contribution is -2.58. The van der Waals surface area contributed by atoms with Crippen LogP contribution in [0.25, 0.3) is 0 Å². The summed E-state index contributed by atoms with van der Waals surface area (Å²) in [5.74, 6) is 0.369. The van der Waals surface area contributed by atoms with Gasteiger partial charge in [-0.3, -0.25) is 9.59 Å². The van der Waals surface area contributed by atoms with Gasteiger partial charge in [0.25, 0.3) is 0 Å². The van der Waals surface area contributed by atoms with E-state index in [0.717, 1.165) is 12.8 Å². The van der Waals surface area contributed by atoms with Crippen molar-refractivity contribution in [2.45, 2.75) is 39.2 Å². The minimum Gasteiger partial charge on any atom is -0.382 e. The molecule has 122 valence electrons. The molecule has 1 aliphatic rings. The van der Waals surface area contributed by atoms with Crippen molar-refractivity contribution in [2.75, 3.05) is 40.0 Å². The van der Waals surface area contributed by atoms with Crippen LogP contribution in [-0.4, -0.2) is 62.8 Å². The molecule has 0 aromatic heterocycles. The number of unbranched alkanes of at least 4 members (excludes halogenated alkanes) is 1. The largest absolute Gasteiger partial charge is 0.382 e. The van der Waals surface area contributed by atoms with E-state index in [9.17, 15) is 9.59 Å². The molecule has 0 aromatic rings. The fraction of sp³-hybridized carbons (Fsp3) is 0.867. The Kier molecular flexibility index (Phi) is 8.30. The first kappa shape index (κ1) is 17.9. The summed E-state index contributed by atoms with van der Waals surface area (Å²) in [7, 11) is 1.64. The molecule has 1 fully saturated rings. The van der Waals surface area contributed by atoms with Crippen LogP contribution >= 0.6 is 0 Å². The number of nitrogens with zero attached hydrogens (tertiary/aromatic N) is 1. The van der Waals surface area contributed by atoms with Crippen LogP contribution in [0.1, 0.15) is 33.1 Å². The fourth-order valence-electron chi connectivity index (χ4n) is 2.34. The third-order valence-corrected chi connectivity index (χ3v) is 3.39. The standard InChI is InChI=1S/C15H28N2O4/c1-12(2)10-13-15(19)17(11-14(18)16-13)6-4-5-7-21-9-8-20-3/h12-13H,4-11H2,1-3H3,(H,16,18). The van der Waals surface area contributed by atoms with Crippen LogP contribution in [0.4, 0.5) is 0 Å². The van der Waals surface area contributed by atoms with Crippen molar-refractivity contribution in [2.24, 2.45) is 5.92 Å². The summed E-state index contributed by atoms with van der Waals surface area (Å²) in [4.78, 5) is 25.6. The van der Waals surface area contributed by atoms with Crippen molar-refractivity contribution < 1.29 is 19.1 Å². The summed E-state index contributed by atoms with van der Waals surface area (Å²) in [6.07, 6.45) is 2.42. The van der Waals surface area contributed by atoms with Crippen LogP contribution in [0.15, 0.2) is 0 Å². The molecule has 1 rings (SSSR count). The quantitative estimate of drug-likeness (QED) is 0.606. The second-order valence-corrected chi connectivity index (χ2v) is 5.82. The molecule has 1 atom stereocenters. The number of hydrogen-bond acceptors (Lipinski definition) is 4. The Balaban J connectivity index is 2.26. The Hall–Kier alpha value is -1.14. The number of rotatable bonds is 10. The first-order chi connectivity index (χ1) is 10.0. The van der Waals surface area contributed by atoms with E-state index in [-0.39, 0.29) is 24.4 Å². The zero-order valence-corrected chi connectivity index (χ0v) is 13.4. The average Bonchev–Trinajstić information content (AvgIpc) is 2.42. The van der Waals surface area contributed by atoms with Gasteiger partial charge in [-0.1, -0.05) is 13.8 Å². The summed E-state index contributed by atoms with van der Waals surface area (Å²) in [5.41, 5.74) is 0. The number of methoxy groups -OCH3 is 1. The van der Waals surface area contributed by atoms with E-state index in [0.29, 0.717) is 38.7 Å². The molecule has 0 saturated carbocycles. The monoisotopic (exact) mass is 300 g/mol. The molecule has 0 radical (unpaired) electrons. The third kappa shape index (κ3) is 6.91. The van der Waals surface area contributed by atoms with Gasteiger partial charge in [0.05, 0.1) is 19.8 Å². The van der Waals surface area contributed by atoms with Gasteiger partial charge in [0, 0.05) is 20.3 Å². The number of amides is 2. The van der Waals surface area contributed by atoms with Gasteiger partial charge in [0.1, 0.15) is 6.04 Å². The Bertz CT molecular complexity index is 334. The summed E-state index contributed by atoms with van der Waals surface area (Å²) in [5, 5.41) is 2.78. The summed E-state index contributed by atoms with van der Waals surface area (Å²) >= 11 is 0. The predicted molar refractivity (Wildman–Crippen MR) is 79.9 cm³/mol. The minimum absolute atomic E-state index is 0.0450. The summed E-state index contributed by atoms with van der Waals surface area (Å²) in [6.45, 7) is 6.75. The van der Waals surface area contributed by atoms with Crippen LogP contribution < -0.4 is 5.32 Å². The Morgan fingerprint density at radius 2 is 2.00 bits per heavy atom. The highest BCUT2D eigenvalue weighted by Gasteiger charge is 2.32. The number of piperazine rings is 1. The molecule has 0 bridgehead atoms. The Morgan fingerprint density at radius 3 is 2.67 bits per heavy atom. The van der Waals surface area contributed by atoms with E-state index in [1.165, 1.54) is 0 Å². The van der Waals surface area contributed by atoms with E-state index in [2.05, 4.69) is 19.2 Å². The van der Waals surface area contributed by atoms with Gasteiger partial charge in [0.2, 0.25) is 11.8 Å². The molecule has 6 heteroatoms. The molecular weight excluding hydrogens is 272 g/mol. The number of carbonyl (C=O) groups excluding carboxylic acids is 2. The molecule has 0 spiro atoms. The van der Waals surface area contributed by atoms with Crippen LogP contribution in [0.2, 0.25) is 0 Å². The fourth-order valence-corrected chi connectivity index (χ4v) is 2.34. The first-order valence-electron chi connectivity index (χ1n) is 7.69. The molecule has 1 saturated heterocycles. The highest BCUT2D eigenvalue weighted by molar-refractivity contribution is 5.94. The van der Waals surface area contributed by atoms with Crippen LogP contribution in [0.5, 0.6) is 0 Å². The van der Waals surface area contributed by atoms with E-state index >= 15 is 0 Å². The molecule has 2 amide bonds. The van der Waals surface area contributed by atoms with Gasteiger partial charge in [-0.05, 0) is 25.2 Å². The maximum absolute atomic E-state index is 12.3. The smallest absolute Gasteiger partial charge is 0.245 e. The van der Waals surface area contributed by atoms with Gasteiger partial charge in [0.15, 0.2) is 0 Å². The number of nitrogens with one attached hydrogen (secondary N) is 1. The number of hydrogen-bond donors (Lipinski definition) is 1. The second kappa shape index (κ2) is 9.73. The van der Waals surface area contributed by atoms with Crippen LogP contribution in [-0.2, 0) is 19.1 Å². The molecule has 1 aliphatic heterocycles. The lowest BCUT2D eigenvalue weighted by molar-refractivity contribution is -0.144. The zero-order valence-electron chi connectivity index (χ0n) is 13.4. The van der Waals surface area contributed by atoms with Crippen molar-refractivity contribution in [3.8, 4) is 0 Å². The highest BCUT2D eigenvalue weighted by atomic mass is 16.5. The number of ether oxygens (including phenoxy) is 2. The average molecular weight is 300 g/mol. The Labute approximate surface area is 127 Å². The molecule has 0 aromatic carbocycles. The zero-order chi connectivity index (χ0) is 15.7. The predicted octanol–water partition coefficient (Wildman–Crippen LogP) is 0.803. The van der Waals surface area contributed by atoms with Crippen LogP contribution in [0.3, 0.4) is 0 Å². The highest BCUT2D eigenvalue weighted by Crippen LogP contribution is 2.12. The second-order valence-electron chi connectivity index (χ2n) is 5.82. The van der Waals surface area contributed by atoms with E-state index in [1.807, 2.05) is 0 Å². The van der Waals surface area contributed by atoms with Gasteiger partial charge in [-0.2, -0.15) is 0 Å². The lowest BCUT2D eigenvalue weighted by atomic mass is 10.0. The van der Waals surface area contributed by atoms with E-state index in [4.69, 9.17) is 9.47 Å². The molecule has 0 aliphatic carbocycles. The Morgan fingerprint density at radius 1 is 1.24 bits per heavy atom. The van der Waals surface area contributed by atoms with Crippen LogP contribution in [0, 0.1) is 5.92 Å². The molecular formula is C15H28N2O4. The van der Waals surface area contributed by atoms with E-state index in [1.54, 1.807) is 12.0 Å². The molecule has 1 heterocycles. The van der Waals surface area contributed by atoms with Gasteiger partial charge in [-0.25, -0.2) is 0 Å². The van der Waals surface area contributed by atoms with Crippen molar-refractivity contribution in [3.05, 3.63) is 0 Å². The van der Waals surface area contributed by atoms with Gasteiger partial charge in [-0.15, -0.1) is 0 Å². The van der Waals surface area contributed by atoms with E-state index < -0.39 is 0 Å². The molecule has 6 nitrogen and oxygen atoms in total. The summed E-state index contributed by atoms with van der Waals surface area (Å²) in [6, 6.07) is -0.357. The first-order valence-corrected chi connectivity index (χ1v) is 7.69. The molecule has 1 unspecified atom stereocenters. The maximum atomic E-state index is 12.3. The van der Waals surface area contributed by atoms with Gasteiger partial charge < -0.3 is 19.7 Å². The normalized spacial score (nSPS) is 19.2. The van der Waals surface area contributed by atoms with Crippen molar-refractivity contribution in [1.82, 2.24) is 10.2 Å². The molecule has 21 heavy (non-hydrogen) atoms. The lowest BCUT2D eigenvalue weighted by Gasteiger charge is -2.33. The number of carbonyl (C=O) groups is 2. The SMILES string of the molecule is COCCOCCCCN1CC(=O)NC(CC(C)C)C1=O.